The molecule has 0 aliphatic carbocycles. The van der Waals surface area contributed by atoms with Crippen molar-refractivity contribution in [3.8, 4) is 0 Å². The molecule has 2 aromatic carbocycles. The summed E-state index contributed by atoms with van der Waals surface area (Å²) in [6, 6.07) is 10.7. The van der Waals surface area contributed by atoms with Gasteiger partial charge in [0.2, 0.25) is 0 Å². The molecule has 0 heterocycles. The van der Waals surface area contributed by atoms with Crippen LogP contribution in [0, 0.1) is 11.6 Å². The zero-order valence-electron chi connectivity index (χ0n) is 10.5. The van der Waals surface area contributed by atoms with Crippen molar-refractivity contribution in [1.82, 2.24) is 0 Å². The molecule has 0 spiro atoms. The zero-order valence-corrected chi connectivity index (χ0v) is 12.1. The Hall–Kier alpha value is -1.10. The summed E-state index contributed by atoms with van der Waals surface area (Å²) in [4.78, 5) is 0.464. The molecule has 20 heavy (non-hydrogen) atoms. The minimum Gasteiger partial charge on any atom is -0.392 e. The molecule has 0 aliphatic heterocycles. The van der Waals surface area contributed by atoms with E-state index in [2.05, 4.69) is 0 Å². The average Bonchev–Trinajstić information content (AvgIpc) is 2.42. The number of aliphatic hydroxyl groups is 1. The molecule has 0 radical (unpaired) electrons. The van der Waals surface area contributed by atoms with E-state index in [9.17, 15) is 13.9 Å². The van der Waals surface area contributed by atoms with Crippen molar-refractivity contribution in [3.05, 3.63) is 64.7 Å². The third-order valence-electron chi connectivity index (χ3n) is 2.77. The molecular weight excluding hydrogens is 302 g/mol. The Morgan fingerprint density at radius 3 is 2.45 bits per heavy atom. The number of benzene rings is 2. The fourth-order valence-corrected chi connectivity index (χ4v) is 2.88. The molecule has 2 aromatic rings. The second kappa shape index (κ2) is 7.07. The highest BCUT2D eigenvalue weighted by Crippen LogP contribution is 2.25. The van der Waals surface area contributed by atoms with Crippen LogP contribution in [0.2, 0.25) is 5.02 Å². The lowest BCUT2D eigenvalue weighted by Gasteiger charge is -2.12. The summed E-state index contributed by atoms with van der Waals surface area (Å²) in [5, 5.41) is 10.2. The van der Waals surface area contributed by atoms with Crippen LogP contribution in [0.25, 0.3) is 0 Å². The molecule has 1 N–H and O–H groups in total. The van der Waals surface area contributed by atoms with Gasteiger partial charge in [0.15, 0.2) is 0 Å². The Morgan fingerprint density at radius 2 is 1.75 bits per heavy atom. The molecule has 2 rings (SSSR count). The van der Waals surface area contributed by atoms with Crippen LogP contribution < -0.4 is 0 Å². The van der Waals surface area contributed by atoms with Crippen LogP contribution in [0.15, 0.2) is 47.4 Å². The van der Waals surface area contributed by atoms with Crippen LogP contribution >= 0.6 is 23.4 Å². The van der Waals surface area contributed by atoms with Crippen molar-refractivity contribution in [2.75, 3.05) is 5.75 Å². The first-order valence-electron chi connectivity index (χ1n) is 6.06. The van der Waals surface area contributed by atoms with Gasteiger partial charge in [0, 0.05) is 27.7 Å². The van der Waals surface area contributed by atoms with E-state index in [1.54, 1.807) is 24.3 Å². The van der Waals surface area contributed by atoms with Crippen LogP contribution in [0.1, 0.15) is 5.56 Å². The number of hydrogen-bond acceptors (Lipinski definition) is 2. The lowest BCUT2D eigenvalue weighted by Crippen LogP contribution is -2.15. The highest BCUT2D eigenvalue weighted by atomic mass is 35.5. The number of rotatable bonds is 5. The van der Waals surface area contributed by atoms with Gasteiger partial charge in [0.05, 0.1) is 6.10 Å². The molecule has 0 amide bonds. The Balaban J connectivity index is 1.96. The van der Waals surface area contributed by atoms with Crippen LogP contribution in [-0.4, -0.2) is 17.0 Å². The van der Waals surface area contributed by atoms with E-state index in [1.165, 1.54) is 30.0 Å². The summed E-state index contributed by atoms with van der Waals surface area (Å²) >= 11 is 7.09. The molecule has 0 aromatic heterocycles. The molecule has 0 fully saturated rings. The molecule has 1 nitrogen and oxygen atoms in total. The highest BCUT2D eigenvalue weighted by Gasteiger charge is 2.14. The third kappa shape index (κ3) is 3.95. The second-order valence-electron chi connectivity index (χ2n) is 4.30. The van der Waals surface area contributed by atoms with Crippen LogP contribution in [0.3, 0.4) is 0 Å². The molecule has 0 saturated heterocycles. The molecule has 0 bridgehead atoms. The molecular formula is C15H13ClF2OS. The summed E-state index contributed by atoms with van der Waals surface area (Å²) in [5.74, 6) is -0.493. The Labute approximate surface area is 125 Å². The topological polar surface area (TPSA) is 20.2 Å². The number of halogens is 3. The molecule has 1 unspecified atom stereocenters. The van der Waals surface area contributed by atoms with Gasteiger partial charge in [-0.3, -0.25) is 0 Å². The fourth-order valence-electron chi connectivity index (χ4n) is 1.77. The lowest BCUT2D eigenvalue weighted by molar-refractivity contribution is 0.198. The van der Waals surface area contributed by atoms with Gasteiger partial charge in [-0.05, 0) is 24.3 Å². The van der Waals surface area contributed by atoms with Crippen molar-refractivity contribution >= 4 is 23.4 Å². The van der Waals surface area contributed by atoms with E-state index in [-0.39, 0.29) is 23.6 Å². The maximum atomic E-state index is 13.6. The summed E-state index contributed by atoms with van der Waals surface area (Å²) in [5.41, 5.74) is 0.288. The average molecular weight is 315 g/mol. The second-order valence-corrected chi connectivity index (χ2v) is 5.77. The normalized spacial score (nSPS) is 12.4. The predicted molar refractivity (Wildman–Crippen MR) is 78.2 cm³/mol. The number of hydrogen-bond donors (Lipinski definition) is 1. The monoisotopic (exact) mass is 314 g/mol. The van der Waals surface area contributed by atoms with Crippen molar-refractivity contribution in [2.24, 2.45) is 0 Å². The van der Waals surface area contributed by atoms with Gasteiger partial charge in [-0.1, -0.05) is 29.8 Å². The standard InChI is InChI=1S/C15H13ClF2OS/c16-12-4-3-6-13(17)11(12)8-10(19)9-20-15-7-2-1-5-14(15)18/h1-7,10,19H,8-9H2. The summed E-state index contributed by atoms with van der Waals surface area (Å²) in [6.45, 7) is 0. The Morgan fingerprint density at radius 1 is 1.05 bits per heavy atom. The Kier molecular flexibility index (Phi) is 5.40. The Bertz CT molecular complexity index is 572. The largest absolute Gasteiger partial charge is 0.392 e. The summed E-state index contributed by atoms with van der Waals surface area (Å²) in [6.07, 6.45) is -0.693. The quantitative estimate of drug-likeness (QED) is 0.830. The highest BCUT2D eigenvalue weighted by molar-refractivity contribution is 7.99. The first-order chi connectivity index (χ1) is 9.58. The van der Waals surface area contributed by atoms with Gasteiger partial charge in [0.25, 0.3) is 0 Å². The van der Waals surface area contributed by atoms with E-state index < -0.39 is 11.9 Å². The van der Waals surface area contributed by atoms with Gasteiger partial charge in [-0.2, -0.15) is 0 Å². The van der Waals surface area contributed by atoms with Crippen LogP contribution in [0.5, 0.6) is 0 Å². The lowest BCUT2D eigenvalue weighted by atomic mass is 10.1. The van der Waals surface area contributed by atoms with Gasteiger partial charge in [-0.15, -0.1) is 11.8 Å². The van der Waals surface area contributed by atoms with Crippen molar-refractivity contribution < 1.29 is 13.9 Å². The molecule has 5 heteroatoms. The molecule has 0 aliphatic rings. The summed E-state index contributed by atoms with van der Waals surface area (Å²) in [7, 11) is 0. The molecule has 0 saturated carbocycles. The van der Waals surface area contributed by atoms with Gasteiger partial charge >= 0.3 is 0 Å². The van der Waals surface area contributed by atoms with E-state index >= 15 is 0 Å². The first kappa shape index (κ1) is 15.3. The van der Waals surface area contributed by atoms with Crippen molar-refractivity contribution in [1.29, 1.82) is 0 Å². The van der Waals surface area contributed by atoms with Crippen LogP contribution in [-0.2, 0) is 6.42 Å². The SMILES string of the molecule is OC(CSc1ccccc1F)Cc1c(F)cccc1Cl. The minimum atomic E-state index is -0.797. The van der Waals surface area contributed by atoms with Gasteiger partial charge < -0.3 is 5.11 Å². The van der Waals surface area contributed by atoms with Gasteiger partial charge in [-0.25, -0.2) is 8.78 Å². The first-order valence-corrected chi connectivity index (χ1v) is 7.42. The predicted octanol–water partition coefficient (Wildman–Crippen LogP) is 4.31. The van der Waals surface area contributed by atoms with E-state index in [0.29, 0.717) is 9.92 Å². The van der Waals surface area contributed by atoms with Crippen molar-refractivity contribution in [3.63, 3.8) is 0 Å². The van der Waals surface area contributed by atoms with Crippen LogP contribution in [0.4, 0.5) is 8.78 Å². The zero-order chi connectivity index (χ0) is 14.5. The smallest absolute Gasteiger partial charge is 0.136 e. The third-order valence-corrected chi connectivity index (χ3v) is 4.32. The number of thioether (sulfide) groups is 1. The van der Waals surface area contributed by atoms with Crippen molar-refractivity contribution in [2.45, 2.75) is 17.4 Å². The van der Waals surface area contributed by atoms with E-state index in [4.69, 9.17) is 11.6 Å². The van der Waals surface area contributed by atoms with E-state index in [1.807, 2.05) is 0 Å². The molecule has 106 valence electrons. The summed E-state index contributed by atoms with van der Waals surface area (Å²) < 4.78 is 27.0. The number of aliphatic hydroxyl groups excluding tert-OH is 1. The minimum absolute atomic E-state index is 0.104. The maximum absolute atomic E-state index is 13.6. The van der Waals surface area contributed by atoms with E-state index in [0.717, 1.165) is 0 Å². The maximum Gasteiger partial charge on any atom is 0.136 e. The fraction of sp³-hybridized carbons (Fsp3) is 0.200. The van der Waals surface area contributed by atoms with Gasteiger partial charge in [0.1, 0.15) is 11.6 Å². The molecule has 1 atom stereocenters.